The molecule has 0 aliphatic rings. The molecule has 1 aromatic carbocycles. The second-order valence-electron chi connectivity index (χ2n) is 4.17. The molecule has 20 heavy (non-hydrogen) atoms. The van der Waals surface area contributed by atoms with Gasteiger partial charge in [0.15, 0.2) is 0 Å². The highest BCUT2D eigenvalue weighted by Gasteiger charge is 2.06. The van der Waals surface area contributed by atoms with E-state index in [1.807, 2.05) is 30.3 Å². The van der Waals surface area contributed by atoms with Gasteiger partial charge in [0.2, 0.25) is 5.91 Å². The lowest BCUT2D eigenvalue weighted by molar-refractivity contribution is -0.144. The van der Waals surface area contributed by atoms with Crippen LogP contribution in [0.4, 0.5) is 0 Å². The summed E-state index contributed by atoms with van der Waals surface area (Å²) in [6.45, 7) is 3.17. The SMILES string of the molecule is CCOC(=O)CCC(=O)NCCCOc1ccccc1. The molecule has 0 heterocycles. The van der Waals surface area contributed by atoms with Crippen molar-refractivity contribution >= 4 is 11.9 Å². The maximum Gasteiger partial charge on any atom is 0.306 e. The Morgan fingerprint density at radius 2 is 1.90 bits per heavy atom. The van der Waals surface area contributed by atoms with Crippen LogP contribution in [-0.4, -0.2) is 31.6 Å². The van der Waals surface area contributed by atoms with Crippen LogP contribution < -0.4 is 10.1 Å². The van der Waals surface area contributed by atoms with Gasteiger partial charge >= 0.3 is 5.97 Å². The van der Waals surface area contributed by atoms with Crippen LogP contribution in [0.15, 0.2) is 30.3 Å². The molecule has 0 aromatic heterocycles. The summed E-state index contributed by atoms with van der Waals surface area (Å²) in [7, 11) is 0. The van der Waals surface area contributed by atoms with Crippen molar-refractivity contribution in [2.45, 2.75) is 26.2 Å². The van der Waals surface area contributed by atoms with E-state index in [1.54, 1.807) is 6.92 Å². The van der Waals surface area contributed by atoms with Crippen molar-refractivity contribution in [1.29, 1.82) is 0 Å². The molecule has 5 nitrogen and oxygen atoms in total. The first-order chi connectivity index (χ1) is 9.72. The predicted molar refractivity (Wildman–Crippen MR) is 75.4 cm³/mol. The molecule has 1 N–H and O–H groups in total. The van der Waals surface area contributed by atoms with E-state index in [4.69, 9.17) is 9.47 Å². The van der Waals surface area contributed by atoms with E-state index >= 15 is 0 Å². The maximum atomic E-state index is 11.4. The van der Waals surface area contributed by atoms with Crippen molar-refractivity contribution in [2.24, 2.45) is 0 Å². The number of nitrogens with one attached hydrogen (secondary N) is 1. The van der Waals surface area contributed by atoms with Gasteiger partial charge in [0.05, 0.1) is 19.6 Å². The third-order valence-corrected chi connectivity index (χ3v) is 2.52. The molecular formula is C15H21NO4. The first-order valence-electron chi connectivity index (χ1n) is 6.82. The maximum absolute atomic E-state index is 11.4. The summed E-state index contributed by atoms with van der Waals surface area (Å²) in [5.74, 6) is 0.342. The molecule has 0 spiro atoms. The van der Waals surface area contributed by atoms with E-state index in [-0.39, 0.29) is 24.7 Å². The summed E-state index contributed by atoms with van der Waals surface area (Å²) in [5.41, 5.74) is 0. The van der Waals surface area contributed by atoms with Crippen molar-refractivity contribution < 1.29 is 19.1 Å². The fourth-order valence-corrected chi connectivity index (χ4v) is 1.54. The van der Waals surface area contributed by atoms with Gasteiger partial charge in [-0.15, -0.1) is 0 Å². The third-order valence-electron chi connectivity index (χ3n) is 2.52. The van der Waals surface area contributed by atoms with Gasteiger partial charge in [-0.2, -0.15) is 0 Å². The second-order valence-corrected chi connectivity index (χ2v) is 4.17. The van der Waals surface area contributed by atoms with Crippen LogP contribution in [0.2, 0.25) is 0 Å². The van der Waals surface area contributed by atoms with Gasteiger partial charge in [-0.1, -0.05) is 18.2 Å². The van der Waals surface area contributed by atoms with Gasteiger partial charge in [-0.25, -0.2) is 0 Å². The highest BCUT2D eigenvalue weighted by Crippen LogP contribution is 2.07. The van der Waals surface area contributed by atoms with E-state index in [0.29, 0.717) is 19.8 Å². The Hall–Kier alpha value is -2.04. The number of esters is 1. The molecule has 0 aliphatic carbocycles. The topological polar surface area (TPSA) is 64.6 Å². The molecule has 110 valence electrons. The Morgan fingerprint density at radius 1 is 1.15 bits per heavy atom. The Balaban J connectivity index is 2.00. The van der Waals surface area contributed by atoms with Crippen LogP contribution >= 0.6 is 0 Å². The number of carbonyl (C=O) groups excluding carboxylic acids is 2. The minimum Gasteiger partial charge on any atom is -0.494 e. The smallest absolute Gasteiger partial charge is 0.306 e. The van der Waals surface area contributed by atoms with Gasteiger partial charge in [0, 0.05) is 13.0 Å². The zero-order valence-electron chi connectivity index (χ0n) is 11.8. The van der Waals surface area contributed by atoms with Gasteiger partial charge in [-0.3, -0.25) is 9.59 Å². The van der Waals surface area contributed by atoms with Gasteiger partial charge in [0.1, 0.15) is 5.75 Å². The van der Waals surface area contributed by atoms with E-state index in [0.717, 1.165) is 12.2 Å². The molecule has 1 aromatic rings. The van der Waals surface area contributed by atoms with Gasteiger partial charge < -0.3 is 14.8 Å². The van der Waals surface area contributed by atoms with Crippen molar-refractivity contribution in [2.75, 3.05) is 19.8 Å². The fourth-order valence-electron chi connectivity index (χ4n) is 1.54. The molecule has 0 saturated heterocycles. The number of benzene rings is 1. The van der Waals surface area contributed by atoms with Crippen LogP contribution in [0.25, 0.3) is 0 Å². The van der Waals surface area contributed by atoms with E-state index < -0.39 is 0 Å². The Morgan fingerprint density at radius 3 is 2.60 bits per heavy atom. The van der Waals surface area contributed by atoms with Gasteiger partial charge in [0.25, 0.3) is 0 Å². The lowest BCUT2D eigenvalue weighted by Crippen LogP contribution is -2.26. The number of ether oxygens (including phenoxy) is 2. The lowest BCUT2D eigenvalue weighted by Gasteiger charge is -2.07. The standard InChI is InChI=1S/C15H21NO4/c1-2-19-15(18)10-9-14(17)16-11-6-12-20-13-7-4-3-5-8-13/h3-5,7-8H,2,6,9-12H2,1H3,(H,16,17). The summed E-state index contributed by atoms with van der Waals surface area (Å²) in [5, 5.41) is 2.74. The molecule has 0 saturated carbocycles. The highest BCUT2D eigenvalue weighted by atomic mass is 16.5. The highest BCUT2D eigenvalue weighted by molar-refractivity contribution is 5.81. The third kappa shape index (κ3) is 7.41. The quantitative estimate of drug-likeness (QED) is 0.554. The Kier molecular flexibility index (Phi) is 7.87. The number of rotatable bonds is 9. The lowest BCUT2D eigenvalue weighted by atomic mass is 10.3. The largest absolute Gasteiger partial charge is 0.494 e. The summed E-state index contributed by atoms with van der Waals surface area (Å²) in [6.07, 6.45) is 1.01. The van der Waals surface area contributed by atoms with Crippen LogP contribution in [0.1, 0.15) is 26.2 Å². The predicted octanol–water partition coefficient (Wildman–Crippen LogP) is 1.91. The molecule has 0 bridgehead atoms. The molecule has 0 aliphatic heterocycles. The fraction of sp³-hybridized carbons (Fsp3) is 0.467. The number of hydrogen-bond donors (Lipinski definition) is 1. The normalized spacial score (nSPS) is 9.85. The van der Waals surface area contributed by atoms with Crippen molar-refractivity contribution in [3.05, 3.63) is 30.3 Å². The van der Waals surface area contributed by atoms with E-state index in [2.05, 4.69) is 5.32 Å². The van der Waals surface area contributed by atoms with Gasteiger partial charge in [-0.05, 0) is 25.5 Å². The molecular weight excluding hydrogens is 258 g/mol. The summed E-state index contributed by atoms with van der Waals surface area (Å²) in [4.78, 5) is 22.5. The van der Waals surface area contributed by atoms with Crippen molar-refractivity contribution in [1.82, 2.24) is 5.32 Å². The molecule has 1 rings (SSSR count). The molecule has 0 unspecified atom stereocenters. The number of para-hydroxylation sites is 1. The molecule has 0 radical (unpaired) electrons. The zero-order chi connectivity index (χ0) is 14.6. The van der Waals surface area contributed by atoms with Crippen LogP contribution in [0.5, 0.6) is 5.75 Å². The monoisotopic (exact) mass is 279 g/mol. The number of hydrogen-bond acceptors (Lipinski definition) is 4. The Bertz CT molecular complexity index is 406. The number of carbonyl (C=O) groups is 2. The molecule has 0 fully saturated rings. The first kappa shape index (κ1) is 16.0. The minimum atomic E-state index is -0.338. The molecule has 0 atom stereocenters. The minimum absolute atomic E-state index is 0.125. The average molecular weight is 279 g/mol. The Labute approximate surface area is 119 Å². The zero-order valence-corrected chi connectivity index (χ0v) is 11.8. The van der Waals surface area contributed by atoms with Crippen molar-refractivity contribution in [3.63, 3.8) is 0 Å². The second kappa shape index (κ2) is 9.83. The summed E-state index contributed by atoms with van der Waals surface area (Å²) >= 11 is 0. The van der Waals surface area contributed by atoms with Crippen LogP contribution in [0.3, 0.4) is 0 Å². The average Bonchev–Trinajstić information content (AvgIpc) is 2.46. The van der Waals surface area contributed by atoms with Crippen LogP contribution in [-0.2, 0) is 14.3 Å². The number of amides is 1. The molecule has 1 amide bonds. The van der Waals surface area contributed by atoms with Crippen molar-refractivity contribution in [3.8, 4) is 5.75 Å². The van der Waals surface area contributed by atoms with E-state index in [9.17, 15) is 9.59 Å². The van der Waals surface area contributed by atoms with E-state index in [1.165, 1.54) is 0 Å². The molecule has 5 heteroatoms. The van der Waals surface area contributed by atoms with Crippen LogP contribution in [0, 0.1) is 0 Å². The first-order valence-corrected chi connectivity index (χ1v) is 6.82. The summed E-state index contributed by atoms with van der Waals surface area (Å²) in [6, 6.07) is 9.52. The summed E-state index contributed by atoms with van der Waals surface area (Å²) < 4.78 is 10.2.